The van der Waals surface area contributed by atoms with E-state index < -0.39 is 6.23 Å². The van der Waals surface area contributed by atoms with E-state index in [1.807, 2.05) is 66.9 Å². The molecule has 0 spiro atoms. The molecule has 11 heteroatoms. The van der Waals surface area contributed by atoms with Crippen molar-refractivity contribution in [3.63, 3.8) is 0 Å². The first kappa shape index (κ1) is 28.5. The first-order valence-corrected chi connectivity index (χ1v) is 15.4. The minimum Gasteiger partial charge on any atom is -0.492 e. The number of likely N-dealkylation sites (tertiary alicyclic amines) is 1. The number of anilines is 3. The number of fused-ring (bicyclic) bond motifs is 2. The third-order valence-electron chi connectivity index (χ3n) is 8.23. The zero-order chi connectivity index (χ0) is 29.7. The number of rotatable bonds is 11. The summed E-state index contributed by atoms with van der Waals surface area (Å²) in [6, 6.07) is 19.9. The molecule has 2 saturated heterocycles. The van der Waals surface area contributed by atoms with Crippen LogP contribution < -0.4 is 15.4 Å². The quantitative estimate of drug-likeness (QED) is 0.163. The molecule has 2 aliphatic heterocycles. The fourth-order valence-corrected chi connectivity index (χ4v) is 5.89. The Hall–Kier alpha value is -4.29. The summed E-state index contributed by atoms with van der Waals surface area (Å²) in [5.74, 6) is 2.06. The van der Waals surface area contributed by atoms with Gasteiger partial charge in [-0.2, -0.15) is 5.10 Å². The zero-order valence-corrected chi connectivity index (χ0v) is 24.7. The Morgan fingerprint density at radius 1 is 0.932 bits per heavy atom. The third-order valence-corrected chi connectivity index (χ3v) is 8.23. The molecule has 0 radical (unpaired) electrons. The van der Waals surface area contributed by atoms with Gasteiger partial charge in [-0.3, -0.25) is 14.9 Å². The normalized spacial score (nSPS) is 16.8. The van der Waals surface area contributed by atoms with Crippen LogP contribution in [0, 0.1) is 0 Å². The molecular weight excluding hydrogens is 556 g/mol. The van der Waals surface area contributed by atoms with Crippen LogP contribution in [-0.2, 0) is 4.74 Å². The molecule has 1 unspecified atom stereocenters. The first-order chi connectivity index (χ1) is 21.7. The second kappa shape index (κ2) is 13.1. The number of nitrogens with zero attached hydrogens (tertiary/aromatic N) is 5. The Kier molecular flexibility index (Phi) is 8.51. The number of hydrogen-bond acceptors (Lipinski definition) is 10. The molecule has 2 aliphatic rings. The predicted octanol–water partition coefficient (Wildman–Crippen LogP) is 4.45. The number of nitrogens with one attached hydrogen (secondary N) is 3. The van der Waals surface area contributed by atoms with E-state index in [0.717, 1.165) is 77.2 Å². The van der Waals surface area contributed by atoms with Crippen molar-refractivity contribution in [2.24, 2.45) is 0 Å². The molecule has 1 atom stereocenters. The van der Waals surface area contributed by atoms with E-state index in [2.05, 4.69) is 30.6 Å². The second-order valence-corrected chi connectivity index (χ2v) is 11.4. The molecule has 2 fully saturated rings. The molecule has 228 valence electrons. The molecule has 0 aliphatic carbocycles. The topological polar surface area (TPSA) is 124 Å². The van der Waals surface area contributed by atoms with Gasteiger partial charge in [-0.05, 0) is 74.5 Å². The van der Waals surface area contributed by atoms with Crippen molar-refractivity contribution in [3.05, 3.63) is 66.9 Å². The van der Waals surface area contributed by atoms with Crippen molar-refractivity contribution in [3.8, 4) is 17.1 Å². The third kappa shape index (κ3) is 6.76. The number of benzene rings is 3. The van der Waals surface area contributed by atoms with Crippen molar-refractivity contribution < 1.29 is 14.6 Å². The standard InChI is InChI=1S/C33H38N8O3/c42-31(22-41-12-15-43-16-13-41)35-25-5-3-4-23(18-25)32-37-30-9-7-27(44-17-14-40-10-1-2-11-40)20-28(30)33(38-32)36-26-6-8-29-24(19-26)21-34-39-29/h3-9,18-21,31,35,42H,1-2,10-17,22H2,(H,34,39)(H,36,37,38). The lowest BCUT2D eigenvalue weighted by molar-refractivity contribution is 0.0195. The van der Waals surface area contributed by atoms with Crippen molar-refractivity contribution >= 4 is 39.0 Å². The van der Waals surface area contributed by atoms with Crippen molar-refractivity contribution in [1.82, 2.24) is 30.0 Å². The van der Waals surface area contributed by atoms with Crippen LogP contribution in [-0.4, -0.2) is 100 Å². The summed E-state index contributed by atoms with van der Waals surface area (Å²) in [5.41, 5.74) is 4.31. The molecule has 0 saturated carbocycles. The SMILES string of the molecule is OC(CN1CCOCC1)Nc1cccc(-c2nc(Nc3ccc4[nH]ncc4c3)c3cc(OCCN4CCCC4)ccc3n2)c1. The highest BCUT2D eigenvalue weighted by Gasteiger charge is 2.17. The van der Waals surface area contributed by atoms with Crippen LogP contribution in [0.2, 0.25) is 0 Å². The van der Waals surface area contributed by atoms with E-state index in [0.29, 0.717) is 38.0 Å². The number of H-pyrrole nitrogens is 1. The summed E-state index contributed by atoms with van der Waals surface area (Å²) in [7, 11) is 0. The van der Waals surface area contributed by atoms with Gasteiger partial charge in [0.2, 0.25) is 0 Å². The van der Waals surface area contributed by atoms with Gasteiger partial charge in [0.05, 0.1) is 30.4 Å². The monoisotopic (exact) mass is 594 g/mol. The molecular formula is C33H38N8O3. The highest BCUT2D eigenvalue weighted by molar-refractivity contribution is 5.94. The lowest BCUT2D eigenvalue weighted by atomic mass is 10.1. The highest BCUT2D eigenvalue weighted by Crippen LogP contribution is 2.32. The maximum Gasteiger partial charge on any atom is 0.162 e. The van der Waals surface area contributed by atoms with Gasteiger partial charge in [-0.25, -0.2) is 9.97 Å². The van der Waals surface area contributed by atoms with Crippen molar-refractivity contribution in [1.29, 1.82) is 0 Å². The number of β-amino-alcohol motifs (C(OH)–C–C–N with tert-alkyl or cyclic N) is 1. The lowest BCUT2D eigenvalue weighted by Crippen LogP contribution is -2.43. The molecule has 4 N–H and O–H groups in total. The number of morpholine rings is 1. The lowest BCUT2D eigenvalue weighted by Gasteiger charge is -2.29. The second-order valence-electron chi connectivity index (χ2n) is 11.4. The molecule has 7 rings (SSSR count). The van der Waals surface area contributed by atoms with Crippen LogP contribution in [0.5, 0.6) is 5.75 Å². The number of aromatic amines is 1. The van der Waals surface area contributed by atoms with Gasteiger partial charge >= 0.3 is 0 Å². The smallest absolute Gasteiger partial charge is 0.162 e. The van der Waals surface area contributed by atoms with Crippen molar-refractivity contribution in [2.75, 3.05) is 69.7 Å². The van der Waals surface area contributed by atoms with Gasteiger partial charge in [0, 0.05) is 53.9 Å². The van der Waals surface area contributed by atoms with Crippen molar-refractivity contribution in [2.45, 2.75) is 19.1 Å². The average Bonchev–Trinajstić information content (AvgIpc) is 3.74. The summed E-state index contributed by atoms with van der Waals surface area (Å²) >= 11 is 0. The zero-order valence-electron chi connectivity index (χ0n) is 24.7. The van der Waals surface area contributed by atoms with Gasteiger partial charge in [-0.1, -0.05) is 12.1 Å². The van der Waals surface area contributed by atoms with Gasteiger partial charge < -0.3 is 25.2 Å². The van der Waals surface area contributed by atoms with Gasteiger partial charge in [0.1, 0.15) is 24.4 Å². The predicted molar refractivity (Wildman–Crippen MR) is 172 cm³/mol. The maximum absolute atomic E-state index is 10.7. The van der Waals surface area contributed by atoms with E-state index in [1.54, 1.807) is 0 Å². The van der Waals surface area contributed by atoms with Crippen LogP contribution in [0.1, 0.15) is 12.8 Å². The van der Waals surface area contributed by atoms with Crippen LogP contribution in [0.25, 0.3) is 33.2 Å². The first-order valence-electron chi connectivity index (χ1n) is 15.4. The molecule has 2 aromatic heterocycles. The van der Waals surface area contributed by atoms with E-state index in [4.69, 9.17) is 19.4 Å². The Morgan fingerprint density at radius 3 is 2.70 bits per heavy atom. The van der Waals surface area contributed by atoms with Crippen LogP contribution in [0.15, 0.2) is 66.9 Å². The number of aromatic nitrogens is 4. The van der Waals surface area contributed by atoms with Gasteiger partial charge in [0.25, 0.3) is 0 Å². The molecule has 5 aromatic rings. The largest absolute Gasteiger partial charge is 0.492 e. The van der Waals surface area contributed by atoms with Crippen LogP contribution in [0.4, 0.5) is 17.2 Å². The fraction of sp³-hybridized carbons (Fsp3) is 0.364. The summed E-state index contributed by atoms with van der Waals surface area (Å²) in [6.45, 7) is 7.41. The van der Waals surface area contributed by atoms with E-state index in [1.165, 1.54) is 12.8 Å². The summed E-state index contributed by atoms with van der Waals surface area (Å²) in [4.78, 5) is 14.6. The number of aliphatic hydroxyl groups is 1. The average molecular weight is 595 g/mol. The molecule has 3 aromatic carbocycles. The highest BCUT2D eigenvalue weighted by atomic mass is 16.5. The number of ether oxygens (including phenoxy) is 2. The molecule has 0 amide bonds. The molecule has 11 nitrogen and oxygen atoms in total. The minimum atomic E-state index is -0.708. The molecule has 44 heavy (non-hydrogen) atoms. The Balaban J connectivity index is 1.16. The van der Waals surface area contributed by atoms with Crippen LogP contribution in [0.3, 0.4) is 0 Å². The van der Waals surface area contributed by atoms with E-state index in [-0.39, 0.29) is 0 Å². The minimum absolute atomic E-state index is 0.525. The van der Waals surface area contributed by atoms with Gasteiger partial charge in [0.15, 0.2) is 5.82 Å². The van der Waals surface area contributed by atoms with Gasteiger partial charge in [-0.15, -0.1) is 0 Å². The Labute approximate surface area is 256 Å². The van der Waals surface area contributed by atoms with E-state index in [9.17, 15) is 5.11 Å². The number of hydrogen-bond donors (Lipinski definition) is 4. The van der Waals surface area contributed by atoms with Crippen LogP contribution >= 0.6 is 0 Å². The number of aliphatic hydroxyl groups excluding tert-OH is 1. The molecule has 4 heterocycles. The summed E-state index contributed by atoms with van der Waals surface area (Å²) < 4.78 is 11.6. The summed E-state index contributed by atoms with van der Waals surface area (Å²) in [6.07, 6.45) is 3.63. The Morgan fingerprint density at radius 2 is 1.82 bits per heavy atom. The maximum atomic E-state index is 10.7. The Bertz CT molecular complexity index is 1710. The fourth-order valence-electron chi connectivity index (χ4n) is 5.89. The molecule has 0 bridgehead atoms. The van der Waals surface area contributed by atoms with E-state index >= 15 is 0 Å². The summed E-state index contributed by atoms with van der Waals surface area (Å²) in [5, 5.41) is 26.5.